The average Bonchev–Trinajstić information content (AvgIpc) is 1.87. The van der Waals surface area contributed by atoms with Gasteiger partial charge in [-0.3, -0.25) is 0 Å². The van der Waals surface area contributed by atoms with Gasteiger partial charge in [0.1, 0.15) is 0 Å². The lowest BCUT2D eigenvalue weighted by atomic mass is 10.4. The second-order valence-electron chi connectivity index (χ2n) is 1.91. The van der Waals surface area contributed by atoms with E-state index in [0.717, 1.165) is 0 Å². The highest BCUT2D eigenvalue weighted by Gasteiger charge is 2.09. The molecule has 0 radical (unpaired) electrons. The Morgan fingerprint density at radius 2 is 2.10 bits per heavy atom. The normalized spacial score (nSPS) is 15.1. The van der Waals surface area contributed by atoms with Gasteiger partial charge in [-0.05, 0) is 6.92 Å². The summed E-state index contributed by atoms with van der Waals surface area (Å²) >= 11 is 0. The lowest BCUT2D eigenvalue weighted by Gasteiger charge is -2.09. The zero-order chi connectivity index (χ0) is 8.20. The summed E-state index contributed by atoms with van der Waals surface area (Å²) in [6, 6.07) is -0.447. The molecule has 0 heterocycles. The third kappa shape index (κ3) is 3.78. The van der Waals surface area contributed by atoms with Crippen LogP contribution in [0, 0.1) is 0 Å². The van der Waals surface area contributed by atoms with Crippen LogP contribution < -0.4 is 9.44 Å². The van der Waals surface area contributed by atoms with Gasteiger partial charge in [-0.25, -0.2) is 4.72 Å². The van der Waals surface area contributed by atoms with Crippen molar-refractivity contribution < 1.29 is 13.5 Å². The molecule has 3 N–H and O–H groups in total. The third-order valence-corrected chi connectivity index (χ3v) is 2.15. The van der Waals surface area contributed by atoms with Gasteiger partial charge in [0.15, 0.2) is 0 Å². The molecule has 5 nitrogen and oxygen atoms in total. The Balaban J connectivity index is 3.90. The van der Waals surface area contributed by atoms with Crippen LogP contribution in [0.3, 0.4) is 0 Å². The van der Waals surface area contributed by atoms with Crippen LogP contribution in [0.4, 0.5) is 0 Å². The van der Waals surface area contributed by atoms with Gasteiger partial charge >= 0.3 is 0 Å². The van der Waals surface area contributed by atoms with Gasteiger partial charge in [0.05, 0.1) is 6.61 Å². The summed E-state index contributed by atoms with van der Waals surface area (Å²) in [4.78, 5) is 0. The van der Waals surface area contributed by atoms with Crippen molar-refractivity contribution >= 4 is 10.2 Å². The summed E-state index contributed by atoms with van der Waals surface area (Å²) in [7, 11) is -2.09. The van der Waals surface area contributed by atoms with Crippen molar-refractivity contribution in [1.29, 1.82) is 0 Å². The number of rotatable bonds is 4. The van der Waals surface area contributed by atoms with Gasteiger partial charge < -0.3 is 5.11 Å². The maximum atomic E-state index is 10.6. The van der Waals surface area contributed by atoms with Crippen LogP contribution in [-0.2, 0) is 10.2 Å². The van der Waals surface area contributed by atoms with E-state index < -0.39 is 16.3 Å². The van der Waals surface area contributed by atoms with E-state index in [1.807, 2.05) is 0 Å². The molecule has 0 saturated heterocycles. The molecular weight excluding hydrogens is 156 g/mol. The molecule has 0 amide bonds. The van der Waals surface area contributed by atoms with Gasteiger partial charge in [0, 0.05) is 13.1 Å². The lowest BCUT2D eigenvalue weighted by Crippen LogP contribution is -2.41. The molecule has 62 valence electrons. The van der Waals surface area contributed by atoms with E-state index in [1.54, 1.807) is 6.92 Å². The van der Waals surface area contributed by atoms with E-state index in [1.165, 1.54) is 7.05 Å². The highest BCUT2D eigenvalue weighted by Crippen LogP contribution is 1.81. The Kier molecular flexibility index (Phi) is 3.80. The van der Waals surface area contributed by atoms with Gasteiger partial charge in [-0.2, -0.15) is 13.1 Å². The van der Waals surface area contributed by atoms with Crippen LogP contribution in [0.25, 0.3) is 0 Å². The maximum Gasteiger partial charge on any atom is 0.276 e. The fourth-order valence-corrected chi connectivity index (χ4v) is 1.08. The summed E-state index contributed by atoms with van der Waals surface area (Å²) in [6.07, 6.45) is 0. The van der Waals surface area contributed by atoms with E-state index in [2.05, 4.69) is 9.44 Å². The highest BCUT2D eigenvalue weighted by atomic mass is 32.2. The minimum atomic E-state index is -3.39. The van der Waals surface area contributed by atoms with E-state index in [9.17, 15) is 8.42 Å². The summed E-state index contributed by atoms with van der Waals surface area (Å²) in [6.45, 7) is 1.36. The first-order chi connectivity index (χ1) is 4.52. The van der Waals surface area contributed by atoms with Gasteiger partial charge in [0.2, 0.25) is 0 Å². The second kappa shape index (κ2) is 3.87. The molecule has 0 rings (SSSR count). The minimum Gasteiger partial charge on any atom is -0.395 e. The van der Waals surface area contributed by atoms with Crippen molar-refractivity contribution in [3.05, 3.63) is 0 Å². The number of aliphatic hydroxyl groups excluding tert-OH is 1. The third-order valence-electron chi connectivity index (χ3n) is 0.899. The average molecular weight is 168 g/mol. The molecule has 0 aromatic rings. The quantitative estimate of drug-likeness (QED) is 0.474. The Morgan fingerprint density at radius 1 is 1.60 bits per heavy atom. The molecule has 1 atom stereocenters. The van der Waals surface area contributed by atoms with Crippen LogP contribution in [-0.4, -0.2) is 33.2 Å². The van der Waals surface area contributed by atoms with Crippen LogP contribution in [0.5, 0.6) is 0 Å². The Bertz CT molecular complexity index is 177. The first kappa shape index (κ1) is 9.83. The smallest absolute Gasteiger partial charge is 0.276 e. The van der Waals surface area contributed by atoms with Crippen LogP contribution in [0.2, 0.25) is 0 Å². The second-order valence-corrected chi connectivity index (χ2v) is 3.56. The van der Waals surface area contributed by atoms with E-state index in [4.69, 9.17) is 5.11 Å². The Morgan fingerprint density at radius 3 is 2.40 bits per heavy atom. The standard InChI is InChI=1S/C4H12N2O3S/c1-4(3-7)6-10(8,9)5-2/h4-7H,3H2,1-2H3/t4-/m0/s1. The first-order valence-electron chi connectivity index (χ1n) is 2.83. The Hall–Kier alpha value is -0.170. The van der Waals surface area contributed by atoms with Gasteiger partial charge in [-0.15, -0.1) is 0 Å². The summed E-state index contributed by atoms with van der Waals surface area (Å²) in [5.74, 6) is 0. The highest BCUT2D eigenvalue weighted by molar-refractivity contribution is 7.87. The van der Waals surface area contributed by atoms with Crippen molar-refractivity contribution in [2.75, 3.05) is 13.7 Å². The predicted octanol–water partition coefficient (Wildman–Crippen LogP) is -1.58. The zero-order valence-corrected chi connectivity index (χ0v) is 6.77. The van der Waals surface area contributed by atoms with Gasteiger partial charge in [0.25, 0.3) is 10.2 Å². The van der Waals surface area contributed by atoms with Crippen LogP contribution >= 0.6 is 0 Å². The first-order valence-corrected chi connectivity index (χ1v) is 4.32. The number of nitrogens with one attached hydrogen (secondary N) is 2. The number of hydrogen-bond donors (Lipinski definition) is 3. The van der Waals surface area contributed by atoms with Crippen LogP contribution in [0.15, 0.2) is 0 Å². The predicted molar refractivity (Wildman–Crippen MR) is 37.7 cm³/mol. The molecule has 10 heavy (non-hydrogen) atoms. The topological polar surface area (TPSA) is 78.4 Å². The molecule has 0 fully saturated rings. The van der Waals surface area contributed by atoms with Crippen molar-refractivity contribution in [2.45, 2.75) is 13.0 Å². The van der Waals surface area contributed by atoms with E-state index in [0.29, 0.717) is 0 Å². The summed E-state index contributed by atoms with van der Waals surface area (Å²) in [5.41, 5.74) is 0. The SMILES string of the molecule is CNS(=O)(=O)N[C@@H](C)CO. The molecule has 0 aliphatic rings. The Labute approximate surface area is 60.6 Å². The largest absolute Gasteiger partial charge is 0.395 e. The van der Waals surface area contributed by atoms with Crippen molar-refractivity contribution in [1.82, 2.24) is 9.44 Å². The fraction of sp³-hybridized carbons (Fsp3) is 1.00. The van der Waals surface area contributed by atoms with Gasteiger partial charge in [-0.1, -0.05) is 0 Å². The number of aliphatic hydroxyl groups is 1. The lowest BCUT2D eigenvalue weighted by molar-refractivity contribution is 0.265. The molecule has 0 aliphatic carbocycles. The van der Waals surface area contributed by atoms with Crippen molar-refractivity contribution in [3.63, 3.8) is 0 Å². The molecule has 6 heteroatoms. The summed E-state index contributed by atoms with van der Waals surface area (Å²) in [5, 5.41) is 8.44. The van der Waals surface area contributed by atoms with E-state index >= 15 is 0 Å². The maximum absolute atomic E-state index is 10.6. The molecular formula is C4H12N2O3S. The molecule has 0 unspecified atom stereocenters. The molecule has 0 aromatic heterocycles. The molecule has 0 spiro atoms. The minimum absolute atomic E-state index is 0.207. The van der Waals surface area contributed by atoms with E-state index in [-0.39, 0.29) is 6.61 Å². The van der Waals surface area contributed by atoms with Crippen molar-refractivity contribution in [2.24, 2.45) is 0 Å². The molecule has 0 bridgehead atoms. The fourth-order valence-electron chi connectivity index (χ4n) is 0.361. The number of hydrogen-bond acceptors (Lipinski definition) is 3. The monoisotopic (exact) mass is 168 g/mol. The molecule has 0 aromatic carbocycles. The molecule has 0 saturated carbocycles. The molecule has 0 aliphatic heterocycles. The zero-order valence-electron chi connectivity index (χ0n) is 5.96. The van der Waals surface area contributed by atoms with Crippen LogP contribution in [0.1, 0.15) is 6.92 Å². The van der Waals surface area contributed by atoms with Crippen molar-refractivity contribution in [3.8, 4) is 0 Å². The summed E-state index contributed by atoms with van der Waals surface area (Å²) < 4.78 is 25.5.